The molecule has 1 aliphatic heterocycles. The topological polar surface area (TPSA) is 37.3 Å². The maximum atomic E-state index is 4.72. The van der Waals surface area contributed by atoms with Crippen molar-refractivity contribution in [2.24, 2.45) is 4.99 Å². The second-order valence-corrected chi connectivity index (χ2v) is 6.41. The average molecular weight is 285 g/mol. The first-order valence-electron chi connectivity index (χ1n) is 6.98. The number of fused-ring (bicyclic) bond motifs is 1. The largest absolute Gasteiger partial charge is 0.359 e. The van der Waals surface area contributed by atoms with Crippen molar-refractivity contribution in [3.63, 3.8) is 0 Å². The third-order valence-corrected chi connectivity index (χ3v) is 5.11. The maximum Gasteiger partial charge on any atom is 0.157 e. The van der Waals surface area contributed by atoms with Crippen LogP contribution in [0.25, 0.3) is 10.9 Å². The summed E-state index contributed by atoms with van der Waals surface area (Å²) in [5.41, 5.74) is 2.43. The lowest BCUT2D eigenvalue weighted by molar-refractivity contribution is 0.466. The Labute approximate surface area is 123 Å². The molecule has 0 amide bonds. The number of aromatic nitrogens is 1. The molecule has 0 saturated carbocycles. The van der Waals surface area contributed by atoms with Crippen LogP contribution in [0.1, 0.15) is 25.8 Å². The molecule has 20 heavy (non-hydrogen) atoms. The van der Waals surface area contributed by atoms with Crippen molar-refractivity contribution in [2.75, 3.05) is 5.75 Å². The van der Waals surface area contributed by atoms with Gasteiger partial charge in [-0.1, -0.05) is 43.0 Å². The van der Waals surface area contributed by atoms with Crippen molar-refractivity contribution in [1.29, 1.82) is 0 Å². The summed E-state index contributed by atoms with van der Waals surface area (Å²) < 4.78 is 0. The molecule has 104 valence electrons. The molecule has 0 bridgehead atoms. The third kappa shape index (κ3) is 2.66. The molecule has 1 aromatic heterocycles. The van der Waals surface area contributed by atoms with E-state index in [-0.39, 0.29) is 5.54 Å². The quantitative estimate of drug-likeness (QED) is 0.936. The smallest absolute Gasteiger partial charge is 0.157 e. The monoisotopic (exact) mass is 285 g/mol. The number of nitrogens with one attached hydrogen (secondary N) is 1. The number of para-hydroxylation sites is 1. The molecule has 2 aromatic rings. The van der Waals surface area contributed by atoms with Gasteiger partial charge < -0.3 is 5.32 Å². The molecular formula is C16H19N3S. The van der Waals surface area contributed by atoms with Gasteiger partial charge in [-0.15, -0.1) is 0 Å². The predicted octanol–water partition coefficient (Wildman–Crippen LogP) is 3.60. The number of nitrogens with zero attached hydrogens (tertiary/aromatic N) is 2. The molecule has 0 aliphatic carbocycles. The number of pyridine rings is 1. The van der Waals surface area contributed by atoms with Crippen molar-refractivity contribution >= 4 is 27.8 Å². The number of amidine groups is 1. The highest BCUT2D eigenvalue weighted by Crippen LogP contribution is 2.26. The van der Waals surface area contributed by atoms with E-state index in [4.69, 9.17) is 4.99 Å². The van der Waals surface area contributed by atoms with E-state index in [1.807, 2.05) is 24.0 Å². The second-order valence-electron chi connectivity index (χ2n) is 5.44. The van der Waals surface area contributed by atoms with E-state index in [1.165, 1.54) is 10.9 Å². The minimum Gasteiger partial charge on any atom is -0.359 e. The minimum atomic E-state index is 0.195. The molecular weight excluding hydrogens is 266 g/mol. The minimum absolute atomic E-state index is 0.195. The number of benzene rings is 1. The molecule has 3 rings (SSSR count). The lowest BCUT2D eigenvalue weighted by Gasteiger charge is -2.20. The predicted molar refractivity (Wildman–Crippen MR) is 87.2 cm³/mol. The first kappa shape index (κ1) is 13.4. The van der Waals surface area contributed by atoms with Crippen molar-refractivity contribution < 1.29 is 0 Å². The van der Waals surface area contributed by atoms with Crippen molar-refractivity contribution in [2.45, 2.75) is 32.4 Å². The second kappa shape index (κ2) is 5.44. The standard InChI is InChI=1S/C16H19N3S/c1-3-16(2)11-20-15(19-16)18-10-13-7-4-6-12-8-5-9-17-14(12)13/h4-9H,3,10-11H2,1-2H3,(H,18,19). The molecule has 1 aliphatic rings. The highest BCUT2D eigenvalue weighted by Gasteiger charge is 2.30. The van der Waals surface area contributed by atoms with E-state index >= 15 is 0 Å². The third-order valence-electron chi connectivity index (χ3n) is 3.83. The van der Waals surface area contributed by atoms with Gasteiger partial charge in [0.1, 0.15) is 0 Å². The Morgan fingerprint density at radius 2 is 2.20 bits per heavy atom. The van der Waals surface area contributed by atoms with Crippen LogP contribution in [0.2, 0.25) is 0 Å². The summed E-state index contributed by atoms with van der Waals surface area (Å²) >= 11 is 1.82. The van der Waals surface area contributed by atoms with Gasteiger partial charge in [-0.05, 0) is 25.0 Å². The van der Waals surface area contributed by atoms with E-state index in [9.17, 15) is 0 Å². The van der Waals surface area contributed by atoms with E-state index in [0.717, 1.165) is 22.9 Å². The number of aliphatic imine (C=N–C) groups is 1. The molecule has 1 unspecified atom stereocenters. The summed E-state index contributed by atoms with van der Waals surface area (Å²) in [6.07, 6.45) is 2.96. The molecule has 2 heterocycles. The number of thioether (sulfide) groups is 1. The van der Waals surface area contributed by atoms with Crippen LogP contribution >= 0.6 is 11.8 Å². The summed E-state index contributed by atoms with van der Waals surface area (Å²) in [6, 6.07) is 10.3. The van der Waals surface area contributed by atoms with Crippen LogP contribution < -0.4 is 5.32 Å². The molecule has 3 nitrogen and oxygen atoms in total. The molecule has 0 spiro atoms. The van der Waals surface area contributed by atoms with Gasteiger partial charge in [0.25, 0.3) is 0 Å². The molecule has 1 aromatic carbocycles. The van der Waals surface area contributed by atoms with Gasteiger partial charge in [-0.3, -0.25) is 9.98 Å². The summed E-state index contributed by atoms with van der Waals surface area (Å²) in [4.78, 5) is 9.19. The SMILES string of the molecule is CCC1(C)CSC(=NCc2cccc3cccnc23)N1. The van der Waals surface area contributed by atoms with Gasteiger partial charge in [0, 0.05) is 22.9 Å². The Hall–Kier alpha value is -1.55. The zero-order valence-corrected chi connectivity index (χ0v) is 12.7. The fraction of sp³-hybridized carbons (Fsp3) is 0.375. The molecule has 1 N–H and O–H groups in total. The Bertz CT molecular complexity index is 648. The summed E-state index contributed by atoms with van der Waals surface area (Å²) in [5, 5.41) is 5.76. The van der Waals surface area contributed by atoms with Crippen LogP contribution in [-0.4, -0.2) is 21.4 Å². The molecule has 1 saturated heterocycles. The normalized spacial score (nSPS) is 24.2. The van der Waals surface area contributed by atoms with Crippen molar-refractivity contribution in [3.8, 4) is 0 Å². The Balaban J connectivity index is 1.81. The van der Waals surface area contributed by atoms with Crippen LogP contribution in [0.15, 0.2) is 41.5 Å². The summed E-state index contributed by atoms with van der Waals surface area (Å²) in [5.74, 6) is 1.09. The van der Waals surface area contributed by atoms with Gasteiger partial charge in [-0.25, -0.2) is 0 Å². The lowest BCUT2D eigenvalue weighted by atomic mass is 10.0. The van der Waals surface area contributed by atoms with Gasteiger partial charge >= 0.3 is 0 Å². The van der Waals surface area contributed by atoms with Crippen molar-refractivity contribution in [1.82, 2.24) is 10.3 Å². The van der Waals surface area contributed by atoms with Crippen LogP contribution in [0.3, 0.4) is 0 Å². The van der Waals surface area contributed by atoms with Crippen LogP contribution in [0.5, 0.6) is 0 Å². The van der Waals surface area contributed by atoms with Crippen LogP contribution in [-0.2, 0) is 6.54 Å². The summed E-state index contributed by atoms with van der Waals surface area (Å²) in [7, 11) is 0. The Morgan fingerprint density at radius 3 is 3.00 bits per heavy atom. The van der Waals surface area contributed by atoms with Gasteiger partial charge in [0.2, 0.25) is 0 Å². The zero-order chi connectivity index (χ0) is 14.0. The Morgan fingerprint density at radius 1 is 1.35 bits per heavy atom. The van der Waals surface area contributed by atoms with Gasteiger partial charge in [-0.2, -0.15) is 0 Å². The van der Waals surface area contributed by atoms with E-state index in [2.05, 4.69) is 48.4 Å². The van der Waals surface area contributed by atoms with Crippen LogP contribution in [0.4, 0.5) is 0 Å². The number of rotatable bonds is 3. The number of hydrogen-bond donors (Lipinski definition) is 1. The first-order chi connectivity index (χ1) is 9.70. The highest BCUT2D eigenvalue weighted by molar-refractivity contribution is 8.14. The van der Waals surface area contributed by atoms with E-state index < -0.39 is 0 Å². The molecule has 1 atom stereocenters. The van der Waals surface area contributed by atoms with Crippen molar-refractivity contribution in [3.05, 3.63) is 42.1 Å². The number of hydrogen-bond acceptors (Lipinski definition) is 3. The first-order valence-corrected chi connectivity index (χ1v) is 7.97. The van der Waals surface area contributed by atoms with Gasteiger partial charge in [0.05, 0.1) is 12.1 Å². The van der Waals surface area contributed by atoms with Gasteiger partial charge in [0.15, 0.2) is 5.17 Å². The fourth-order valence-corrected chi connectivity index (χ4v) is 3.49. The Kier molecular flexibility index (Phi) is 3.66. The summed E-state index contributed by atoms with van der Waals surface area (Å²) in [6.45, 7) is 5.15. The lowest BCUT2D eigenvalue weighted by Crippen LogP contribution is -2.39. The van der Waals surface area contributed by atoms with Crippen LogP contribution in [0, 0.1) is 0 Å². The molecule has 0 radical (unpaired) electrons. The zero-order valence-electron chi connectivity index (χ0n) is 11.9. The van der Waals surface area contributed by atoms with E-state index in [1.54, 1.807) is 0 Å². The average Bonchev–Trinajstić information content (AvgIpc) is 2.87. The van der Waals surface area contributed by atoms with E-state index in [0.29, 0.717) is 6.54 Å². The molecule has 4 heteroatoms. The maximum absolute atomic E-state index is 4.72. The highest BCUT2D eigenvalue weighted by atomic mass is 32.2. The fourth-order valence-electron chi connectivity index (χ4n) is 2.29. The molecule has 1 fully saturated rings.